The van der Waals surface area contributed by atoms with Gasteiger partial charge in [0.2, 0.25) is 0 Å². The first-order chi connectivity index (χ1) is 8.15. The van der Waals surface area contributed by atoms with Crippen molar-refractivity contribution in [3.8, 4) is 6.07 Å². The van der Waals surface area contributed by atoms with Gasteiger partial charge < -0.3 is 10.6 Å². The lowest BCUT2D eigenvalue weighted by Crippen LogP contribution is -2.40. The van der Waals surface area contributed by atoms with Crippen LogP contribution < -0.4 is 10.6 Å². The van der Waals surface area contributed by atoms with Crippen molar-refractivity contribution in [1.82, 2.24) is 10.6 Å². The zero-order valence-electron chi connectivity index (χ0n) is 10.9. The standard InChI is InChI=1S/C13H18N4.HI/c1-10(2)17-13(15-3)16-9-12-6-4-11(8-14)5-7-12;/h4-7,10H,9H2,1-3H3,(H2,15,16,17);1H. The molecular formula is C13H19IN4. The summed E-state index contributed by atoms with van der Waals surface area (Å²) < 4.78 is 0. The Morgan fingerprint density at radius 1 is 1.33 bits per heavy atom. The van der Waals surface area contributed by atoms with Crippen molar-refractivity contribution in [3.63, 3.8) is 0 Å². The maximum Gasteiger partial charge on any atom is 0.191 e. The van der Waals surface area contributed by atoms with Crippen LogP contribution in [-0.4, -0.2) is 19.0 Å². The van der Waals surface area contributed by atoms with E-state index >= 15 is 0 Å². The summed E-state index contributed by atoms with van der Waals surface area (Å²) >= 11 is 0. The number of hydrogen-bond acceptors (Lipinski definition) is 2. The van der Waals surface area contributed by atoms with Gasteiger partial charge in [-0.1, -0.05) is 12.1 Å². The van der Waals surface area contributed by atoms with Gasteiger partial charge in [0.25, 0.3) is 0 Å². The Balaban J connectivity index is 0.00000289. The quantitative estimate of drug-likeness (QED) is 0.495. The number of nitrogens with zero attached hydrogens (tertiary/aromatic N) is 2. The molecule has 4 nitrogen and oxygen atoms in total. The average Bonchev–Trinajstić information content (AvgIpc) is 2.34. The van der Waals surface area contributed by atoms with Crippen LogP contribution in [0.25, 0.3) is 0 Å². The van der Waals surface area contributed by atoms with Crippen molar-refractivity contribution >= 4 is 29.9 Å². The molecule has 0 bridgehead atoms. The zero-order chi connectivity index (χ0) is 12.7. The Labute approximate surface area is 126 Å². The van der Waals surface area contributed by atoms with Gasteiger partial charge in [-0.2, -0.15) is 5.26 Å². The summed E-state index contributed by atoms with van der Waals surface area (Å²) in [6.45, 7) is 4.82. The summed E-state index contributed by atoms with van der Waals surface area (Å²) in [6.07, 6.45) is 0. The number of benzene rings is 1. The van der Waals surface area contributed by atoms with E-state index in [1.807, 2.05) is 24.3 Å². The number of halogens is 1. The molecule has 18 heavy (non-hydrogen) atoms. The molecule has 0 saturated heterocycles. The van der Waals surface area contributed by atoms with Gasteiger partial charge in [0.1, 0.15) is 0 Å². The molecule has 0 aliphatic rings. The van der Waals surface area contributed by atoms with Crippen LogP contribution in [0, 0.1) is 11.3 Å². The topological polar surface area (TPSA) is 60.2 Å². The Morgan fingerprint density at radius 3 is 2.39 bits per heavy atom. The number of hydrogen-bond donors (Lipinski definition) is 2. The number of nitriles is 1. The minimum atomic E-state index is 0. The Hall–Kier alpha value is -1.29. The number of aliphatic imine (C=N–C) groups is 1. The molecule has 0 aromatic heterocycles. The monoisotopic (exact) mass is 358 g/mol. The summed E-state index contributed by atoms with van der Waals surface area (Å²) in [5.74, 6) is 0.782. The predicted octanol–water partition coefficient (Wildman–Crippen LogP) is 2.25. The highest BCUT2D eigenvalue weighted by Gasteiger charge is 2.00. The molecule has 0 heterocycles. The largest absolute Gasteiger partial charge is 0.354 e. The third-order valence-corrected chi connectivity index (χ3v) is 2.19. The van der Waals surface area contributed by atoms with E-state index in [-0.39, 0.29) is 24.0 Å². The molecule has 1 rings (SSSR count). The first-order valence-corrected chi connectivity index (χ1v) is 5.62. The van der Waals surface area contributed by atoms with E-state index in [0.717, 1.165) is 11.5 Å². The fourth-order valence-corrected chi connectivity index (χ4v) is 1.35. The molecule has 0 radical (unpaired) electrons. The van der Waals surface area contributed by atoms with Crippen molar-refractivity contribution in [2.45, 2.75) is 26.4 Å². The van der Waals surface area contributed by atoms with Crippen LogP contribution in [0.2, 0.25) is 0 Å². The van der Waals surface area contributed by atoms with E-state index in [0.29, 0.717) is 18.2 Å². The summed E-state index contributed by atoms with van der Waals surface area (Å²) in [5.41, 5.74) is 1.80. The van der Waals surface area contributed by atoms with E-state index in [4.69, 9.17) is 5.26 Å². The van der Waals surface area contributed by atoms with Gasteiger partial charge >= 0.3 is 0 Å². The van der Waals surface area contributed by atoms with Gasteiger partial charge in [0.15, 0.2) is 5.96 Å². The molecule has 0 amide bonds. The molecule has 0 saturated carbocycles. The van der Waals surface area contributed by atoms with Crippen LogP contribution in [-0.2, 0) is 6.54 Å². The molecule has 98 valence electrons. The fourth-order valence-electron chi connectivity index (χ4n) is 1.35. The highest BCUT2D eigenvalue weighted by Crippen LogP contribution is 2.02. The molecule has 2 N–H and O–H groups in total. The second-order valence-corrected chi connectivity index (χ2v) is 4.03. The summed E-state index contributed by atoms with van der Waals surface area (Å²) in [4.78, 5) is 4.12. The van der Waals surface area contributed by atoms with Crippen molar-refractivity contribution in [1.29, 1.82) is 5.26 Å². The molecule has 0 aliphatic carbocycles. The molecule has 5 heteroatoms. The van der Waals surface area contributed by atoms with Crippen molar-refractivity contribution in [2.24, 2.45) is 4.99 Å². The molecule has 0 atom stereocenters. The van der Waals surface area contributed by atoms with Gasteiger partial charge in [-0.15, -0.1) is 24.0 Å². The van der Waals surface area contributed by atoms with E-state index in [9.17, 15) is 0 Å². The zero-order valence-corrected chi connectivity index (χ0v) is 13.2. The first-order valence-electron chi connectivity index (χ1n) is 5.62. The second kappa shape index (κ2) is 8.75. The van der Waals surface area contributed by atoms with Gasteiger partial charge in [-0.3, -0.25) is 4.99 Å². The van der Waals surface area contributed by atoms with E-state index in [1.54, 1.807) is 7.05 Å². The van der Waals surface area contributed by atoms with Crippen molar-refractivity contribution < 1.29 is 0 Å². The number of rotatable bonds is 3. The minimum absolute atomic E-state index is 0. The Morgan fingerprint density at radius 2 is 1.94 bits per heavy atom. The van der Waals surface area contributed by atoms with Crippen molar-refractivity contribution in [3.05, 3.63) is 35.4 Å². The lowest BCUT2D eigenvalue weighted by atomic mass is 10.1. The van der Waals surface area contributed by atoms with Crippen LogP contribution in [0.5, 0.6) is 0 Å². The molecule has 0 fully saturated rings. The number of guanidine groups is 1. The minimum Gasteiger partial charge on any atom is -0.354 e. The average molecular weight is 358 g/mol. The molecule has 0 unspecified atom stereocenters. The third kappa shape index (κ3) is 5.87. The highest BCUT2D eigenvalue weighted by atomic mass is 127. The van der Waals surface area contributed by atoms with Crippen LogP contribution in [0.1, 0.15) is 25.0 Å². The maximum atomic E-state index is 8.69. The third-order valence-electron chi connectivity index (χ3n) is 2.19. The smallest absolute Gasteiger partial charge is 0.191 e. The van der Waals surface area contributed by atoms with Crippen LogP contribution >= 0.6 is 24.0 Å². The molecule has 1 aromatic carbocycles. The highest BCUT2D eigenvalue weighted by molar-refractivity contribution is 14.0. The second-order valence-electron chi connectivity index (χ2n) is 4.03. The lowest BCUT2D eigenvalue weighted by Gasteiger charge is -2.14. The predicted molar refractivity (Wildman–Crippen MR) is 85.0 cm³/mol. The molecular weight excluding hydrogens is 339 g/mol. The fraction of sp³-hybridized carbons (Fsp3) is 0.385. The van der Waals surface area contributed by atoms with Crippen LogP contribution in [0.3, 0.4) is 0 Å². The SMILES string of the molecule is CN=C(NCc1ccc(C#N)cc1)NC(C)C.I. The van der Waals surface area contributed by atoms with Gasteiger partial charge in [0, 0.05) is 19.6 Å². The number of nitrogens with one attached hydrogen (secondary N) is 2. The molecule has 0 aliphatic heterocycles. The summed E-state index contributed by atoms with van der Waals surface area (Å²) in [7, 11) is 1.75. The van der Waals surface area contributed by atoms with Crippen molar-refractivity contribution in [2.75, 3.05) is 7.05 Å². The van der Waals surface area contributed by atoms with E-state index in [1.165, 1.54) is 0 Å². The first kappa shape index (κ1) is 16.7. The van der Waals surface area contributed by atoms with E-state index < -0.39 is 0 Å². The van der Waals surface area contributed by atoms with E-state index in [2.05, 4.69) is 35.5 Å². The summed E-state index contributed by atoms with van der Waals surface area (Å²) in [5, 5.41) is 15.1. The normalized spacial score (nSPS) is 10.5. The maximum absolute atomic E-state index is 8.69. The molecule has 0 spiro atoms. The summed E-state index contributed by atoms with van der Waals surface area (Å²) in [6, 6.07) is 9.96. The Bertz CT molecular complexity index is 418. The lowest BCUT2D eigenvalue weighted by molar-refractivity contribution is 0.699. The van der Waals surface area contributed by atoms with Gasteiger partial charge in [-0.05, 0) is 31.5 Å². The van der Waals surface area contributed by atoms with Gasteiger partial charge in [0.05, 0.1) is 11.6 Å². The Kier molecular flexibility index (Phi) is 8.12. The van der Waals surface area contributed by atoms with Crippen LogP contribution in [0.4, 0.5) is 0 Å². The molecule has 1 aromatic rings. The van der Waals surface area contributed by atoms with Gasteiger partial charge in [-0.25, -0.2) is 0 Å². The van der Waals surface area contributed by atoms with Crippen LogP contribution in [0.15, 0.2) is 29.3 Å².